The predicted octanol–water partition coefficient (Wildman–Crippen LogP) is 2.62. The Hall–Kier alpha value is -1.84. The third kappa shape index (κ3) is 3.59. The highest BCUT2D eigenvalue weighted by molar-refractivity contribution is 5.91. The zero-order valence-electron chi connectivity index (χ0n) is 11.8. The molecular weight excluding hydrogens is 254 g/mol. The lowest BCUT2D eigenvalue weighted by molar-refractivity contribution is -0.120. The molecule has 0 aromatic heterocycles. The summed E-state index contributed by atoms with van der Waals surface area (Å²) in [5.41, 5.74) is 1.09. The van der Waals surface area contributed by atoms with E-state index in [1.807, 2.05) is 0 Å². The zero-order valence-corrected chi connectivity index (χ0v) is 11.8. The molecule has 1 fully saturated rings. The van der Waals surface area contributed by atoms with E-state index >= 15 is 0 Å². The van der Waals surface area contributed by atoms with E-state index < -0.39 is 5.97 Å². The topological polar surface area (TPSA) is 66.4 Å². The number of carbonyl (C=O) groups is 2. The fraction of sp³-hybridized carbons (Fsp3) is 0.500. The van der Waals surface area contributed by atoms with Crippen molar-refractivity contribution in [3.05, 3.63) is 35.4 Å². The molecule has 1 aromatic carbocycles. The van der Waals surface area contributed by atoms with Crippen LogP contribution in [-0.4, -0.2) is 23.5 Å². The molecule has 1 aliphatic carbocycles. The van der Waals surface area contributed by atoms with Gasteiger partial charge in [-0.2, -0.15) is 0 Å². The largest absolute Gasteiger partial charge is 0.478 e. The maximum absolute atomic E-state index is 12.0. The first-order valence-electron chi connectivity index (χ1n) is 7.14. The van der Waals surface area contributed by atoms with Gasteiger partial charge in [-0.05, 0) is 36.3 Å². The van der Waals surface area contributed by atoms with Crippen molar-refractivity contribution in [3.8, 4) is 0 Å². The number of carboxylic acid groups (broad SMARTS) is 1. The number of nitrogens with one attached hydrogen (secondary N) is 1. The van der Waals surface area contributed by atoms with E-state index in [1.54, 1.807) is 18.2 Å². The lowest BCUT2D eigenvalue weighted by atomic mass is 10.0. The summed E-state index contributed by atoms with van der Waals surface area (Å²) in [6.07, 6.45) is 4.79. The molecule has 20 heavy (non-hydrogen) atoms. The highest BCUT2D eigenvalue weighted by atomic mass is 16.4. The molecule has 2 rings (SSSR count). The van der Waals surface area contributed by atoms with Crippen LogP contribution in [0, 0.1) is 5.41 Å². The van der Waals surface area contributed by atoms with Crippen molar-refractivity contribution >= 4 is 11.9 Å². The van der Waals surface area contributed by atoms with E-state index in [1.165, 1.54) is 18.9 Å². The van der Waals surface area contributed by atoms with Gasteiger partial charge in [0.25, 0.3) is 0 Å². The lowest BCUT2D eigenvalue weighted by Gasteiger charge is -2.15. The summed E-state index contributed by atoms with van der Waals surface area (Å²) in [7, 11) is 0. The number of hydrogen-bond acceptors (Lipinski definition) is 2. The average molecular weight is 275 g/mol. The number of benzene rings is 1. The number of rotatable bonds is 7. The quantitative estimate of drug-likeness (QED) is 0.804. The number of hydrogen-bond donors (Lipinski definition) is 2. The second kappa shape index (κ2) is 6.07. The second-order valence-corrected chi connectivity index (χ2v) is 5.67. The second-order valence-electron chi connectivity index (χ2n) is 5.67. The monoisotopic (exact) mass is 275 g/mol. The Bertz CT molecular complexity index is 506. The molecule has 2 N–H and O–H groups in total. The third-order valence-corrected chi connectivity index (χ3v) is 4.00. The van der Waals surface area contributed by atoms with Gasteiger partial charge < -0.3 is 10.4 Å². The maximum atomic E-state index is 12.0. The summed E-state index contributed by atoms with van der Waals surface area (Å²) in [6, 6.07) is 6.66. The summed E-state index contributed by atoms with van der Waals surface area (Å²) in [6.45, 7) is 2.87. The molecule has 0 spiro atoms. The van der Waals surface area contributed by atoms with Crippen LogP contribution in [-0.2, 0) is 11.2 Å². The SMILES string of the molecule is CCCC1(CNC(=O)Cc2ccccc2C(=O)O)CC1. The van der Waals surface area contributed by atoms with Crippen LogP contribution in [0.2, 0.25) is 0 Å². The van der Waals surface area contributed by atoms with E-state index in [0.717, 1.165) is 19.4 Å². The van der Waals surface area contributed by atoms with Crippen molar-refractivity contribution in [1.82, 2.24) is 5.32 Å². The summed E-state index contributed by atoms with van der Waals surface area (Å²) in [5.74, 6) is -1.08. The van der Waals surface area contributed by atoms with Crippen molar-refractivity contribution in [2.45, 2.75) is 39.0 Å². The molecule has 1 amide bonds. The highest BCUT2D eigenvalue weighted by Crippen LogP contribution is 2.48. The van der Waals surface area contributed by atoms with Gasteiger partial charge >= 0.3 is 5.97 Å². The van der Waals surface area contributed by atoms with Crippen molar-refractivity contribution in [2.24, 2.45) is 5.41 Å². The Morgan fingerprint density at radius 3 is 2.60 bits per heavy atom. The first kappa shape index (κ1) is 14.6. The van der Waals surface area contributed by atoms with Gasteiger partial charge in [-0.15, -0.1) is 0 Å². The molecule has 0 aliphatic heterocycles. The molecule has 0 heterocycles. The molecule has 0 radical (unpaired) electrons. The summed E-state index contributed by atoms with van der Waals surface area (Å²) >= 11 is 0. The highest BCUT2D eigenvalue weighted by Gasteiger charge is 2.41. The minimum Gasteiger partial charge on any atom is -0.478 e. The van der Waals surface area contributed by atoms with E-state index in [2.05, 4.69) is 12.2 Å². The summed E-state index contributed by atoms with van der Waals surface area (Å²) < 4.78 is 0. The Labute approximate surface area is 119 Å². The first-order chi connectivity index (χ1) is 9.56. The first-order valence-corrected chi connectivity index (χ1v) is 7.14. The normalized spacial score (nSPS) is 15.7. The van der Waals surface area contributed by atoms with Gasteiger partial charge in [-0.25, -0.2) is 4.79 Å². The van der Waals surface area contributed by atoms with E-state index in [9.17, 15) is 9.59 Å². The Balaban J connectivity index is 1.90. The molecule has 0 unspecified atom stereocenters. The average Bonchev–Trinajstić information content (AvgIpc) is 3.18. The standard InChI is InChI=1S/C16H21NO3/c1-2-7-16(8-9-16)11-17-14(18)10-12-5-3-4-6-13(12)15(19)20/h3-6H,2,7-11H2,1H3,(H,17,18)(H,19,20). The smallest absolute Gasteiger partial charge is 0.335 e. The van der Waals surface area contributed by atoms with Crippen LogP contribution in [0.4, 0.5) is 0 Å². The van der Waals surface area contributed by atoms with Gasteiger partial charge in [-0.1, -0.05) is 31.5 Å². The molecular formula is C16H21NO3. The van der Waals surface area contributed by atoms with Crippen molar-refractivity contribution in [3.63, 3.8) is 0 Å². The molecule has 0 saturated heterocycles. The number of carbonyl (C=O) groups excluding carboxylic acids is 1. The molecule has 4 heteroatoms. The van der Waals surface area contributed by atoms with Gasteiger partial charge in [0.15, 0.2) is 0 Å². The summed E-state index contributed by atoms with van der Waals surface area (Å²) in [4.78, 5) is 23.0. The maximum Gasteiger partial charge on any atom is 0.335 e. The molecule has 0 atom stereocenters. The van der Waals surface area contributed by atoms with Crippen LogP contribution in [0.15, 0.2) is 24.3 Å². The minimum absolute atomic E-state index is 0.0962. The fourth-order valence-electron chi connectivity index (χ4n) is 2.63. The van der Waals surface area contributed by atoms with Crippen LogP contribution in [0.5, 0.6) is 0 Å². The molecule has 108 valence electrons. The van der Waals surface area contributed by atoms with E-state index in [-0.39, 0.29) is 17.9 Å². The van der Waals surface area contributed by atoms with Crippen molar-refractivity contribution in [2.75, 3.05) is 6.54 Å². The third-order valence-electron chi connectivity index (χ3n) is 4.00. The van der Waals surface area contributed by atoms with Gasteiger partial charge in [0.1, 0.15) is 0 Å². The van der Waals surface area contributed by atoms with Crippen LogP contribution in [0.3, 0.4) is 0 Å². The number of aromatic carboxylic acids is 1. The van der Waals surface area contributed by atoms with Crippen molar-refractivity contribution in [1.29, 1.82) is 0 Å². The van der Waals surface area contributed by atoms with Crippen LogP contribution in [0.1, 0.15) is 48.5 Å². The minimum atomic E-state index is -0.988. The Kier molecular flexibility index (Phi) is 4.42. The van der Waals surface area contributed by atoms with Gasteiger partial charge in [0, 0.05) is 6.54 Å². The van der Waals surface area contributed by atoms with Crippen LogP contribution >= 0.6 is 0 Å². The number of amides is 1. The van der Waals surface area contributed by atoms with E-state index in [4.69, 9.17) is 5.11 Å². The summed E-state index contributed by atoms with van der Waals surface area (Å²) in [5, 5.41) is 12.0. The van der Waals surface area contributed by atoms with Crippen LogP contribution < -0.4 is 5.32 Å². The number of carboxylic acids is 1. The lowest BCUT2D eigenvalue weighted by Crippen LogP contribution is -2.31. The van der Waals surface area contributed by atoms with Crippen LogP contribution in [0.25, 0.3) is 0 Å². The van der Waals surface area contributed by atoms with Crippen molar-refractivity contribution < 1.29 is 14.7 Å². The fourth-order valence-corrected chi connectivity index (χ4v) is 2.63. The molecule has 1 aromatic rings. The van der Waals surface area contributed by atoms with Gasteiger partial charge in [0.05, 0.1) is 12.0 Å². The Morgan fingerprint density at radius 2 is 2.00 bits per heavy atom. The molecule has 1 saturated carbocycles. The molecule has 0 bridgehead atoms. The van der Waals surface area contributed by atoms with E-state index in [0.29, 0.717) is 11.0 Å². The van der Waals surface area contributed by atoms with Gasteiger partial charge in [0.2, 0.25) is 5.91 Å². The molecule has 1 aliphatic rings. The molecule has 4 nitrogen and oxygen atoms in total. The van der Waals surface area contributed by atoms with Gasteiger partial charge in [-0.3, -0.25) is 4.79 Å². The predicted molar refractivity (Wildman–Crippen MR) is 76.7 cm³/mol. The zero-order chi connectivity index (χ0) is 14.6. The Morgan fingerprint density at radius 1 is 1.30 bits per heavy atom.